The molecule has 0 saturated heterocycles. The van der Waals surface area contributed by atoms with Gasteiger partial charge in [-0.05, 0) is 0 Å². The molecule has 0 rings (SSSR count). The van der Waals surface area contributed by atoms with Crippen molar-refractivity contribution in [3.63, 3.8) is 0 Å². The van der Waals surface area contributed by atoms with Crippen molar-refractivity contribution in [1.29, 1.82) is 0 Å². The predicted octanol–water partition coefficient (Wildman–Crippen LogP) is 3.15. The molecule has 0 fully saturated rings. The molecule has 0 amide bonds. The smallest absolute Gasteiger partial charge is 0.127 e. The molecule has 0 nitrogen and oxygen atoms in total. The van der Waals surface area contributed by atoms with Crippen LogP contribution in [0.5, 0.6) is 0 Å². The third-order valence-corrected chi connectivity index (χ3v) is 5.70. The highest BCUT2D eigenvalue weighted by Crippen LogP contribution is 2.07. The number of hydrogen-bond acceptors (Lipinski definition) is 0. The Kier molecular flexibility index (Phi) is 7.57. The lowest BCUT2D eigenvalue weighted by atomic mass is 10.6. The Morgan fingerprint density at radius 3 is 2.11 bits per heavy atom. The lowest BCUT2D eigenvalue weighted by Gasteiger charge is -2.02. The quantitative estimate of drug-likeness (QED) is 0.431. The highest BCUT2D eigenvalue weighted by molar-refractivity contribution is 6.58. The van der Waals surface area contributed by atoms with E-state index in [4.69, 9.17) is 11.6 Å². The third kappa shape index (κ3) is 5.28. The normalized spacial score (nSPS) is 9.67. The zero-order valence-corrected chi connectivity index (χ0v) is 8.40. The third-order valence-electron chi connectivity index (χ3n) is 1.90. The molecule has 0 aromatic rings. The van der Waals surface area contributed by atoms with E-state index in [2.05, 4.69) is 13.8 Å². The summed E-state index contributed by atoms with van der Waals surface area (Å²) in [6.45, 7) is 4.63. The Labute approximate surface area is 68.0 Å². The highest BCUT2D eigenvalue weighted by Gasteiger charge is 2.09. The molecule has 0 unspecified atom stereocenters. The van der Waals surface area contributed by atoms with Crippen molar-refractivity contribution >= 4 is 25.7 Å². The Morgan fingerprint density at radius 1 is 1.22 bits per heavy atom. The van der Waals surface area contributed by atoms with Gasteiger partial charge in [0.1, 0.15) is 0 Å². The van der Waals surface area contributed by atoms with Crippen LogP contribution in [0.1, 0.15) is 20.3 Å². The molecule has 0 aliphatic rings. The van der Waals surface area contributed by atoms with Gasteiger partial charge >= 0.3 is 0 Å². The van der Waals surface area contributed by atoms with Gasteiger partial charge in [-0.1, -0.05) is 36.1 Å². The minimum atomic E-state index is -0.294. The van der Waals surface area contributed by atoms with Crippen LogP contribution in [0.3, 0.4) is 0 Å². The topological polar surface area (TPSA) is 0 Å². The van der Waals surface area contributed by atoms with Crippen molar-refractivity contribution in [2.45, 2.75) is 36.1 Å². The number of rotatable bonds is 5. The summed E-state index contributed by atoms with van der Waals surface area (Å²) in [5.41, 5.74) is 0. The van der Waals surface area contributed by atoms with E-state index in [1.54, 1.807) is 0 Å². The second kappa shape index (κ2) is 6.94. The van der Waals surface area contributed by atoms with Gasteiger partial charge in [-0.15, -0.1) is 11.6 Å². The fourth-order valence-electron chi connectivity index (χ4n) is 1.06. The van der Waals surface area contributed by atoms with Gasteiger partial charge in [0.2, 0.25) is 0 Å². The molecule has 0 saturated carbocycles. The van der Waals surface area contributed by atoms with Gasteiger partial charge in [-0.3, -0.25) is 0 Å². The summed E-state index contributed by atoms with van der Waals surface area (Å²) < 4.78 is 0. The molecule has 0 aromatic carbocycles. The molecule has 2 heteroatoms. The molecule has 0 radical (unpaired) electrons. The maximum atomic E-state index is 5.58. The van der Waals surface area contributed by atoms with Crippen LogP contribution in [0.4, 0.5) is 0 Å². The molecule has 0 aliphatic heterocycles. The Hall–Kier alpha value is 0.822. The van der Waals surface area contributed by atoms with Crippen LogP contribution in [-0.2, 0) is 0 Å². The largest absolute Gasteiger partial charge is 0.261 e. The van der Waals surface area contributed by atoms with E-state index in [1.165, 1.54) is 22.3 Å². The van der Waals surface area contributed by atoms with Crippen molar-refractivity contribution in [1.82, 2.24) is 0 Å². The molecule has 0 heterocycles. The Morgan fingerprint density at radius 2 is 1.78 bits per heavy atom. The number of alkyl halides is 1. The van der Waals surface area contributed by atoms with E-state index in [0.717, 1.165) is 5.88 Å². The van der Waals surface area contributed by atoms with Crippen molar-refractivity contribution < 1.29 is 0 Å². The molecular formula is C7H16AlCl. The van der Waals surface area contributed by atoms with E-state index in [-0.39, 0.29) is 14.1 Å². The first-order valence-electron chi connectivity index (χ1n) is 3.91. The predicted molar refractivity (Wildman–Crippen MR) is 46.9 cm³/mol. The molecule has 0 N–H and O–H groups in total. The van der Waals surface area contributed by atoms with Crippen LogP contribution >= 0.6 is 11.6 Å². The highest BCUT2D eigenvalue weighted by atomic mass is 35.5. The maximum Gasteiger partial charge on any atom is 0.261 e. The van der Waals surface area contributed by atoms with Gasteiger partial charge in [0.05, 0.1) is 0 Å². The molecular weight excluding hydrogens is 147 g/mol. The van der Waals surface area contributed by atoms with Gasteiger partial charge in [-0.25, -0.2) is 0 Å². The first-order chi connectivity index (χ1) is 4.35. The zero-order valence-electron chi connectivity index (χ0n) is 6.49. The average Bonchev–Trinajstić information content (AvgIpc) is 1.91. The molecule has 0 atom stereocenters. The number of hydrogen-bond donors (Lipinski definition) is 0. The standard InChI is InChI=1S/C3H6Cl.2C2H5.Al/c1-2-3-4;2*1-2;/h1-3H2;2*1H2,2H3;. The number of halogens is 1. The Bertz CT molecular complexity index is 52.9. The van der Waals surface area contributed by atoms with Crippen LogP contribution in [0.25, 0.3) is 0 Å². The van der Waals surface area contributed by atoms with Gasteiger partial charge in [0.15, 0.2) is 0 Å². The average molecular weight is 163 g/mol. The fourth-order valence-corrected chi connectivity index (χ4v) is 3.65. The summed E-state index contributed by atoms with van der Waals surface area (Å²) in [4.78, 5) is 0. The summed E-state index contributed by atoms with van der Waals surface area (Å²) in [7, 11) is 0. The van der Waals surface area contributed by atoms with Gasteiger partial charge in [0, 0.05) is 5.88 Å². The minimum absolute atomic E-state index is 0.294. The van der Waals surface area contributed by atoms with Crippen LogP contribution in [-0.4, -0.2) is 20.0 Å². The first-order valence-corrected chi connectivity index (χ1v) is 6.89. The summed E-state index contributed by atoms with van der Waals surface area (Å²) in [6.07, 6.45) is 1.25. The molecule has 0 bridgehead atoms. The summed E-state index contributed by atoms with van der Waals surface area (Å²) in [6, 6.07) is 0. The van der Waals surface area contributed by atoms with E-state index in [9.17, 15) is 0 Å². The van der Waals surface area contributed by atoms with Gasteiger partial charge < -0.3 is 0 Å². The van der Waals surface area contributed by atoms with Gasteiger partial charge in [0.25, 0.3) is 14.1 Å². The maximum absolute atomic E-state index is 5.58. The second-order valence-electron chi connectivity index (χ2n) is 2.51. The van der Waals surface area contributed by atoms with E-state index >= 15 is 0 Å². The monoisotopic (exact) mass is 162 g/mol. The van der Waals surface area contributed by atoms with Crippen LogP contribution < -0.4 is 0 Å². The Balaban J connectivity index is 3.09. The fraction of sp³-hybridized carbons (Fsp3) is 1.00. The molecule has 0 aromatic heterocycles. The van der Waals surface area contributed by atoms with Crippen molar-refractivity contribution in [2.75, 3.05) is 5.88 Å². The molecule has 54 valence electrons. The van der Waals surface area contributed by atoms with Crippen LogP contribution in [0, 0.1) is 0 Å². The molecule has 0 spiro atoms. The minimum Gasteiger partial charge on any atom is -0.127 e. The van der Waals surface area contributed by atoms with Crippen molar-refractivity contribution in [2.24, 2.45) is 0 Å². The lowest BCUT2D eigenvalue weighted by molar-refractivity contribution is 1.05. The van der Waals surface area contributed by atoms with Crippen molar-refractivity contribution in [3.8, 4) is 0 Å². The summed E-state index contributed by atoms with van der Waals surface area (Å²) >= 11 is 5.29. The molecule has 9 heavy (non-hydrogen) atoms. The van der Waals surface area contributed by atoms with Crippen LogP contribution in [0.15, 0.2) is 0 Å². The van der Waals surface area contributed by atoms with E-state index in [1.807, 2.05) is 0 Å². The van der Waals surface area contributed by atoms with Crippen LogP contribution in [0.2, 0.25) is 15.8 Å². The SMILES string of the molecule is C[CH2][Al]([CH2]C)[CH2]CCCl. The second-order valence-corrected chi connectivity index (χ2v) is 6.83. The molecule has 0 aliphatic carbocycles. The lowest BCUT2D eigenvalue weighted by Crippen LogP contribution is -2.07. The van der Waals surface area contributed by atoms with Crippen molar-refractivity contribution in [3.05, 3.63) is 0 Å². The first kappa shape index (κ1) is 9.82. The van der Waals surface area contributed by atoms with E-state index < -0.39 is 0 Å². The van der Waals surface area contributed by atoms with Gasteiger partial charge in [-0.2, -0.15) is 0 Å². The summed E-state index contributed by atoms with van der Waals surface area (Å²) in [5, 5.41) is 4.36. The summed E-state index contributed by atoms with van der Waals surface area (Å²) in [5.74, 6) is 0.865. The zero-order chi connectivity index (χ0) is 7.11. The van der Waals surface area contributed by atoms with E-state index in [0.29, 0.717) is 0 Å².